The maximum Gasteiger partial charge on any atom is 0.227 e. The summed E-state index contributed by atoms with van der Waals surface area (Å²) in [5, 5.41) is 6.31. The highest BCUT2D eigenvalue weighted by Gasteiger charge is 2.09. The highest BCUT2D eigenvalue weighted by Crippen LogP contribution is 2.21. The molecule has 3 rings (SSSR count). The smallest absolute Gasteiger partial charge is 0.227 e. The number of rotatable bonds is 5. The molecule has 0 spiro atoms. The average Bonchev–Trinajstić information content (AvgIpc) is 2.54. The van der Waals surface area contributed by atoms with Crippen LogP contribution in [0.4, 0.5) is 17.5 Å². The van der Waals surface area contributed by atoms with Crippen LogP contribution >= 0.6 is 0 Å². The quantitative estimate of drug-likeness (QED) is 0.699. The summed E-state index contributed by atoms with van der Waals surface area (Å²) in [4.78, 5) is 17.3. The van der Waals surface area contributed by atoms with E-state index in [1.165, 1.54) is 0 Å². The van der Waals surface area contributed by atoms with E-state index in [0.717, 1.165) is 5.69 Å². The van der Waals surface area contributed by atoms with Gasteiger partial charge in [0.2, 0.25) is 5.95 Å². The third-order valence-electron chi connectivity index (χ3n) is 2.77. The standard InChI is InChI=1S/C15H14N6/c1-2-8-18-15-20-13-12(16-9-10-17-13)14(21-15)19-11-6-4-3-5-7-11/h2-7,9-10H,1,8H2,(H2,17,18,19,20,21). The summed E-state index contributed by atoms with van der Waals surface area (Å²) >= 11 is 0. The molecule has 6 heteroatoms. The van der Waals surface area contributed by atoms with Crippen LogP contribution in [0.2, 0.25) is 0 Å². The van der Waals surface area contributed by atoms with Gasteiger partial charge in [0.1, 0.15) is 0 Å². The SMILES string of the molecule is C=CCNc1nc(Nc2ccccc2)c2nccnc2n1. The maximum absolute atomic E-state index is 4.45. The first-order chi connectivity index (χ1) is 10.4. The molecule has 0 aliphatic carbocycles. The highest BCUT2D eigenvalue weighted by atomic mass is 15.2. The fourth-order valence-corrected chi connectivity index (χ4v) is 1.85. The van der Waals surface area contributed by atoms with Crippen LogP contribution in [0.5, 0.6) is 0 Å². The predicted octanol–water partition coefficient (Wildman–Crippen LogP) is 2.76. The number of nitrogens with zero attached hydrogens (tertiary/aromatic N) is 4. The molecule has 0 radical (unpaired) electrons. The van der Waals surface area contributed by atoms with Gasteiger partial charge in [-0.3, -0.25) is 0 Å². The van der Waals surface area contributed by atoms with Gasteiger partial charge in [-0.25, -0.2) is 9.97 Å². The van der Waals surface area contributed by atoms with Crippen LogP contribution in [-0.4, -0.2) is 26.5 Å². The first-order valence-electron chi connectivity index (χ1n) is 6.52. The third kappa shape index (κ3) is 2.94. The molecule has 0 unspecified atom stereocenters. The van der Waals surface area contributed by atoms with E-state index in [4.69, 9.17) is 0 Å². The van der Waals surface area contributed by atoms with E-state index in [2.05, 4.69) is 37.1 Å². The van der Waals surface area contributed by atoms with E-state index in [9.17, 15) is 0 Å². The summed E-state index contributed by atoms with van der Waals surface area (Å²) in [6.07, 6.45) is 4.98. The summed E-state index contributed by atoms with van der Waals surface area (Å²) < 4.78 is 0. The highest BCUT2D eigenvalue weighted by molar-refractivity contribution is 5.85. The maximum atomic E-state index is 4.45. The van der Waals surface area contributed by atoms with Gasteiger partial charge >= 0.3 is 0 Å². The lowest BCUT2D eigenvalue weighted by Crippen LogP contribution is -2.06. The first-order valence-corrected chi connectivity index (χ1v) is 6.52. The topological polar surface area (TPSA) is 75.6 Å². The van der Waals surface area contributed by atoms with Crippen LogP contribution in [0.1, 0.15) is 0 Å². The molecule has 104 valence electrons. The Labute approximate surface area is 122 Å². The number of nitrogens with one attached hydrogen (secondary N) is 2. The second-order valence-corrected chi connectivity index (χ2v) is 4.28. The molecule has 0 saturated heterocycles. The number of hydrogen-bond acceptors (Lipinski definition) is 6. The van der Waals surface area contributed by atoms with Crippen LogP contribution in [0.25, 0.3) is 11.2 Å². The first kappa shape index (κ1) is 13.0. The van der Waals surface area contributed by atoms with Crippen LogP contribution < -0.4 is 10.6 Å². The van der Waals surface area contributed by atoms with Crippen molar-refractivity contribution in [3.63, 3.8) is 0 Å². The fraction of sp³-hybridized carbons (Fsp3) is 0.0667. The Bertz CT molecular complexity index is 756. The molecule has 2 N–H and O–H groups in total. The Morgan fingerprint density at radius 1 is 1.05 bits per heavy atom. The molecule has 1 aromatic carbocycles. The molecule has 0 atom stereocenters. The van der Waals surface area contributed by atoms with Gasteiger partial charge < -0.3 is 10.6 Å². The number of benzene rings is 1. The molecular weight excluding hydrogens is 264 g/mol. The third-order valence-corrected chi connectivity index (χ3v) is 2.77. The van der Waals surface area contributed by atoms with E-state index in [0.29, 0.717) is 29.5 Å². The predicted molar refractivity (Wildman–Crippen MR) is 83.5 cm³/mol. The minimum Gasteiger partial charge on any atom is -0.351 e. The number of para-hydroxylation sites is 1. The van der Waals surface area contributed by atoms with Gasteiger partial charge in [0.05, 0.1) is 0 Å². The van der Waals surface area contributed by atoms with Gasteiger partial charge in [-0.1, -0.05) is 24.3 Å². The number of hydrogen-bond donors (Lipinski definition) is 2. The Balaban J connectivity index is 2.03. The summed E-state index contributed by atoms with van der Waals surface area (Å²) in [5.74, 6) is 1.10. The molecule has 6 nitrogen and oxygen atoms in total. The molecule has 0 aliphatic rings. The molecule has 21 heavy (non-hydrogen) atoms. The molecular formula is C15H14N6. The normalized spacial score (nSPS) is 10.3. The Hall–Kier alpha value is -3.02. The molecule has 0 bridgehead atoms. The van der Waals surface area contributed by atoms with Crippen molar-refractivity contribution >= 4 is 28.6 Å². The van der Waals surface area contributed by atoms with Crippen LogP contribution in [0.15, 0.2) is 55.4 Å². The van der Waals surface area contributed by atoms with Crippen molar-refractivity contribution in [2.24, 2.45) is 0 Å². The van der Waals surface area contributed by atoms with E-state index in [-0.39, 0.29) is 0 Å². The molecule has 0 amide bonds. The lowest BCUT2D eigenvalue weighted by molar-refractivity contribution is 1.12. The zero-order valence-corrected chi connectivity index (χ0v) is 11.3. The van der Waals surface area contributed by atoms with Crippen molar-refractivity contribution < 1.29 is 0 Å². The van der Waals surface area contributed by atoms with Gasteiger partial charge in [-0.15, -0.1) is 6.58 Å². The van der Waals surface area contributed by atoms with Crippen molar-refractivity contribution in [2.45, 2.75) is 0 Å². The fourth-order valence-electron chi connectivity index (χ4n) is 1.85. The van der Waals surface area contributed by atoms with Gasteiger partial charge in [-0.05, 0) is 12.1 Å². The zero-order chi connectivity index (χ0) is 14.5. The molecule has 2 aromatic heterocycles. The molecule has 0 aliphatic heterocycles. The molecule has 0 fully saturated rings. The molecule has 0 saturated carbocycles. The van der Waals surface area contributed by atoms with E-state index < -0.39 is 0 Å². The van der Waals surface area contributed by atoms with Crippen molar-refractivity contribution in [1.82, 2.24) is 19.9 Å². The van der Waals surface area contributed by atoms with Crippen LogP contribution in [0, 0.1) is 0 Å². The number of aromatic nitrogens is 4. The van der Waals surface area contributed by atoms with E-state index in [1.807, 2.05) is 30.3 Å². The zero-order valence-electron chi connectivity index (χ0n) is 11.3. The average molecular weight is 278 g/mol. The minimum absolute atomic E-state index is 0.487. The van der Waals surface area contributed by atoms with Crippen molar-refractivity contribution in [3.05, 3.63) is 55.4 Å². The second kappa shape index (κ2) is 5.96. The van der Waals surface area contributed by atoms with E-state index in [1.54, 1.807) is 18.5 Å². The van der Waals surface area contributed by atoms with Crippen LogP contribution in [-0.2, 0) is 0 Å². The lowest BCUT2D eigenvalue weighted by atomic mass is 10.3. The number of anilines is 3. The van der Waals surface area contributed by atoms with Gasteiger partial charge in [0, 0.05) is 24.6 Å². The summed E-state index contributed by atoms with van der Waals surface area (Å²) in [6.45, 7) is 4.25. The van der Waals surface area contributed by atoms with E-state index >= 15 is 0 Å². The number of fused-ring (bicyclic) bond motifs is 1. The molecule has 3 aromatic rings. The summed E-state index contributed by atoms with van der Waals surface area (Å²) in [6, 6.07) is 9.78. The van der Waals surface area contributed by atoms with Crippen molar-refractivity contribution in [1.29, 1.82) is 0 Å². The van der Waals surface area contributed by atoms with Gasteiger partial charge in [0.25, 0.3) is 0 Å². The Morgan fingerprint density at radius 2 is 1.86 bits per heavy atom. The Morgan fingerprint density at radius 3 is 2.67 bits per heavy atom. The summed E-state index contributed by atoms with van der Waals surface area (Å²) in [5.41, 5.74) is 2.10. The lowest BCUT2D eigenvalue weighted by Gasteiger charge is -2.09. The van der Waals surface area contributed by atoms with Crippen LogP contribution in [0.3, 0.4) is 0 Å². The van der Waals surface area contributed by atoms with Gasteiger partial charge in [0.15, 0.2) is 17.0 Å². The van der Waals surface area contributed by atoms with Gasteiger partial charge in [-0.2, -0.15) is 9.97 Å². The van der Waals surface area contributed by atoms with Crippen molar-refractivity contribution in [3.8, 4) is 0 Å². The Kier molecular flexibility index (Phi) is 3.68. The van der Waals surface area contributed by atoms with Crippen molar-refractivity contribution in [2.75, 3.05) is 17.2 Å². The second-order valence-electron chi connectivity index (χ2n) is 4.28. The summed E-state index contributed by atoms with van der Waals surface area (Å²) in [7, 11) is 0. The molecule has 2 heterocycles. The largest absolute Gasteiger partial charge is 0.351 e. The minimum atomic E-state index is 0.487. The monoisotopic (exact) mass is 278 g/mol.